The average molecular weight is 549 g/mol. The van der Waals surface area contributed by atoms with Crippen molar-refractivity contribution >= 4 is 33.2 Å². The fourth-order valence-electron chi connectivity index (χ4n) is 4.22. The minimum absolute atomic E-state index is 0.00962. The molecule has 1 aromatic heterocycles. The second-order valence-electron chi connectivity index (χ2n) is 8.73. The summed E-state index contributed by atoms with van der Waals surface area (Å²) in [5, 5.41) is 9.26. The molecule has 7 nitrogen and oxygen atoms in total. The first kappa shape index (κ1) is 27.3. The lowest BCUT2D eigenvalue weighted by Crippen LogP contribution is -2.35. The fourth-order valence-corrected chi connectivity index (χ4v) is 6.68. The summed E-state index contributed by atoms with van der Waals surface area (Å²) in [4.78, 5) is 25.4. The van der Waals surface area contributed by atoms with Gasteiger partial charge in [-0.25, -0.2) is 17.9 Å². The number of carbonyl (C=O) groups is 2. The number of hydrogen-bond acceptors (Lipinski definition) is 5. The smallest absolute Gasteiger partial charge is 0.394 e. The van der Waals surface area contributed by atoms with Crippen molar-refractivity contribution in [1.29, 1.82) is 0 Å². The number of rotatable bonds is 11. The van der Waals surface area contributed by atoms with Gasteiger partial charge in [0.25, 0.3) is 0 Å². The second-order valence-corrected chi connectivity index (χ2v) is 11.9. The molecule has 0 bridgehead atoms. The first-order valence-electron chi connectivity index (χ1n) is 12.1. The number of carboxylic acid groups (broad SMARTS) is 1. The number of carbonyl (C=O) groups excluding carboxylic acids is 1. The largest absolute Gasteiger partial charge is 0.474 e. The molecule has 0 fully saturated rings. The molecule has 1 heterocycles. The van der Waals surface area contributed by atoms with Crippen LogP contribution in [0, 0.1) is 0 Å². The minimum atomic E-state index is -3.78. The van der Waals surface area contributed by atoms with Crippen LogP contribution in [0.4, 0.5) is 0 Å². The number of hydrogen-bond donors (Lipinski definition) is 2. The van der Waals surface area contributed by atoms with Crippen molar-refractivity contribution in [2.75, 3.05) is 6.54 Å². The molecular weight excluding hydrogens is 520 g/mol. The van der Waals surface area contributed by atoms with Gasteiger partial charge in [-0.2, -0.15) is 0 Å². The third-order valence-corrected chi connectivity index (χ3v) is 9.09. The predicted molar refractivity (Wildman–Crippen MR) is 147 cm³/mol. The van der Waals surface area contributed by atoms with Crippen molar-refractivity contribution in [2.45, 2.75) is 29.6 Å². The molecule has 38 heavy (non-hydrogen) atoms. The maximum atomic E-state index is 13.0. The molecule has 4 aromatic rings. The lowest BCUT2D eigenvalue weighted by Gasteiger charge is -2.20. The van der Waals surface area contributed by atoms with Crippen LogP contribution in [-0.2, 0) is 32.7 Å². The van der Waals surface area contributed by atoms with E-state index in [1.54, 1.807) is 30.3 Å². The maximum Gasteiger partial charge on any atom is 0.394 e. The van der Waals surface area contributed by atoms with Crippen molar-refractivity contribution in [2.24, 2.45) is 0 Å². The van der Waals surface area contributed by atoms with E-state index in [1.807, 2.05) is 66.7 Å². The Labute approximate surface area is 226 Å². The van der Waals surface area contributed by atoms with Crippen LogP contribution in [0.2, 0.25) is 0 Å². The highest BCUT2D eigenvalue weighted by Crippen LogP contribution is 2.28. The number of aliphatic carboxylic acids is 1. The van der Waals surface area contributed by atoms with Crippen LogP contribution in [0.15, 0.2) is 107 Å². The fraction of sp³-hybridized carbons (Fsp3) is 0.172. The highest BCUT2D eigenvalue weighted by atomic mass is 32.2. The number of amides is 1. The van der Waals surface area contributed by atoms with Gasteiger partial charge in [0.05, 0.1) is 6.54 Å². The summed E-state index contributed by atoms with van der Waals surface area (Å²) in [6.45, 7) is 0.330. The van der Waals surface area contributed by atoms with E-state index in [4.69, 9.17) is 0 Å². The Bertz CT molecular complexity index is 1420. The van der Waals surface area contributed by atoms with E-state index in [1.165, 1.54) is 11.0 Å². The molecule has 3 aromatic carbocycles. The molecule has 0 saturated carbocycles. The molecule has 4 rings (SSSR count). The van der Waals surface area contributed by atoms with E-state index in [9.17, 15) is 23.1 Å². The van der Waals surface area contributed by atoms with Crippen molar-refractivity contribution in [3.05, 3.63) is 125 Å². The Morgan fingerprint density at radius 3 is 1.89 bits per heavy atom. The zero-order valence-electron chi connectivity index (χ0n) is 20.6. The normalized spacial score (nSPS) is 11.4. The maximum absolute atomic E-state index is 13.0. The number of benzene rings is 3. The third kappa shape index (κ3) is 7.16. The van der Waals surface area contributed by atoms with Crippen molar-refractivity contribution < 1.29 is 23.1 Å². The predicted octanol–water partition coefficient (Wildman–Crippen LogP) is 4.86. The Balaban J connectivity index is 1.43. The Morgan fingerprint density at radius 2 is 1.34 bits per heavy atom. The molecule has 9 heteroatoms. The summed E-state index contributed by atoms with van der Waals surface area (Å²) in [7, 11) is -3.78. The topological polar surface area (TPSA) is 104 Å². The molecular formula is C29H28N2O5S2. The lowest BCUT2D eigenvalue weighted by molar-refractivity contribution is -0.156. The Kier molecular flexibility index (Phi) is 9.06. The van der Waals surface area contributed by atoms with Crippen LogP contribution in [0.25, 0.3) is 0 Å². The van der Waals surface area contributed by atoms with Gasteiger partial charge in [-0.3, -0.25) is 4.79 Å². The molecule has 0 aliphatic carbocycles. The molecule has 0 atom stereocenters. The van der Waals surface area contributed by atoms with E-state index in [2.05, 4.69) is 4.72 Å². The lowest BCUT2D eigenvalue weighted by atomic mass is 9.89. The van der Waals surface area contributed by atoms with Crippen LogP contribution in [0.1, 0.15) is 33.9 Å². The highest BCUT2D eigenvalue weighted by molar-refractivity contribution is 7.91. The van der Waals surface area contributed by atoms with Crippen molar-refractivity contribution in [3.63, 3.8) is 0 Å². The van der Waals surface area contributed by atoms with Crippen LogP contribution in [0.3, 0.4) is 0 Å². The Hall–Kier alpha value is -3.79. The molecule has 0 spiro atoms. The number of carboxylic acids is 1. The number of nitrogens with one attached hydrogen (secondary N) is 1. The standard InChI is InChI=1S/C29H28N2O5S2/c32-28(29(33)34)31(20-22-10-4-1-5-11-22)21-25-16-17-27(37-25)38(35,36)30-19-18-26(23-12-6-2-7-13-23)24-14-8-3-9-15-24/h1-17,26,30H,18-21H2,(H,33,34). The van der Waals surface area contributed by atoms with Gasteiger partial charge < -0.3 is 10.0 Å². The van der Waals surface area contributed by atoms with Crippen molar-refractivity contribution in [1.82, 2.24) is 9.62 Å². The van der Waals surface area contributed by atoms with Gasteiger partial charge >= 0.3 is 11.9 Å². The summed E-state index contributed by atoms with van der Waals surface area (Å²) < 4.78 is 28.9. The first-order chi connectivity index (χ1) is 18.3. The van der Waals surface area contributed by atoms with Crippen LogP contribution in [-0.4, -0.2) is 36.8 Å². The van der Waals surface area contributed by atoms with E-state index in [0.29, 0.717) is 11.3 Å². The molecule has 1 amide bonds. The summed E-state index contributed by atoms with van der Waals surface area (Å²) >= 11 is 1.02. The van der Waals surface area contributed by atoms with Gasteiger partial charge in [-0.05, 0) is 35.2 Å². The quantitative estimate of drug-likeness (QED) is 0.261. The molecule has 0 radical (unpaired) electrons. The van der Waals surface area contributed by atoms with E-state index in [0.717, 1.165) is 28.0 Å². The first-order valence-corrected chi connectivity index (χ1v) is 14.4. The van der Waals surface area contributed by atoms with Gasteiger partial charge in [-0.15, -0.1) is 11.3 Å². The molecule has 2 N–H and O–H groups in total. The van der Waals surface area contributed by atoms with Gasteiger partial charge in [0.15, 0.2) is 0 Å². The number of sulfonamides is 1. The summed E-state index contributed by atoms with van der Waals surface area (Å²) in [6.07, 6.45) is 0.573. The zero-order valence-corrected chi connectivity index (χ0v) is 22.2. The third-order valence-electron chi connectivity index (χ3n) is 6.06. The van der Waals surface area contributed by atoms with Gasteiger partial charge in [0, 0.05) is 23.9 Å². The molecule has 196 valence electrons. The summed E-state index contributed by atoms with van der Waals surface area (Å²) in [6, 6.07) is 32.1. The van der Waals surface area contributed by atoms with E-state index < -0.39 is 21.9 Å². The summed E-state index contributed by atoms with van der Waals surface area (Å²) in [5.74, 6) is -2.57. The van der Waals surface area contributed by atoms with E-state index >= 15 is 0 Å². The van der Waals surface area contributed by atoms with Gasteiger partial charge in [0.1, 0.15) is 4.21 Å². The monoisotopic (exact) mass is 548 g/mol. The second kappa shape index (κ2) is 12.6. The average Bonchev–Trinajstić information content (AvgIpc) is 3.41. The Morgan fingerprint density at radius 1 is 0.789 bits per heavy atom. The SMILES string of the molecule is O=C(O)C(=O)N(Cc1ccccc1)Cc1ccc(S(=O)(=O)NCCC(c2ccccc2)c2ccccc2)s1. The van der Waals surface area contributed by atoms with Crippen LogP contribution in [0.5, 0.6) is 0 Å². The zero-order chi connectivity index (χ0) is 27.0. The minimum Gasteiger partial charge on any atom is -0.474 e. The van der Waals surface area contributed by atoms with Crippen LogP contribution >= 0.6 is 11.3 Å². The van der Waals surface area contributed by atoms with Crippen LogP contribution < -0.4 is 4.72 Å². The molecule has 0 saturated heterocycles. The number of thiophene rings is 1. The van der Waals surface area contributed by atoms with E-state index in [-0.39, 0.29) is 29.8 Å². The molecule has 0 unspecified atom stereocenters. The van der Waals surface area contributed by atoms with Crippen molar-refractivity contribution in [3.8, 4) is 0 Å². The molecule has 0 aliphatic rings. The highest BCUT2D eigenvalue weighted by Gasteiger charge is 2.24. The van der Waals surface area contributed by atoms with Gasteiger partial charge in [-0.1, -0.05) is 91.0 Å². The summed E-state index contributed by atoms with van der Waals surface area (Å²) in [5.41, 5.74) is 3.00. The van der Waals surface area contributed by atoms with Gasteiger partial charge in [0.2, 0.25) is 10.0 Å². The number of nitrogens with zero attached hydrogens (tertiary/aromatic N) is 1. The molecule has 0 aliphatic heterocycles.